The Labute approximate surface area is 179 Å². The van der Waals surface area contributed by atoms with Crippen molar-refractivity contribution in [2.24, 2.45) is 0 Å². The van der Waals surface area contributed by atoms with Crippen molar-refractivity contribution < 1.29 is 31.4 Å². The number of aromatic nitrogens is 3. The number of aliphatic hydroxyl groups is 1. The van der Waals surface area contributed by atoms with Gasteiger partial charge in [0.1, 0.15) is 5.69 Å². The average Bonchev–Trinajstić information content (AvgIpc) is 3.19. The van der Waals surface area contributed by atoms with Gasteiger partial charge in [-0.15, -0.1) is 10.2 Å². The fraction of sp³-hybridized carbons (Fsp3) is 0.429. The standard InChI is InChI=1S/C21H20F6N4O/c22-20(23,24)11-12-10-13(21(25,26)27)7-8-14(12)18-16-5-3-9-31(16)19(30-29-18)28-15-4-1-2-6-17(15)32/h3,5,7-10,15,17,32H,1-2,4,6,11H2,(H,28,30)/t15-,17-/m1/s1. The minimum Gasteiger partial charge on any atom is -0.391 e. The van der Waals surface area contributed by atoms with Gasteiger partial charge in [0.15, 0.2) is 0 Å². The van der Waals surface area contributed by atoms with Gasteiger partial charge < -0.3 is 10.4 Å². The van der Waals surface area contributed by atoms with Crippen molar-refractivity contribution in [2.75, 3.05) is 5.32 Å². The fourth-order valence-electron chi connectivity index (χ4n) is 4.05. The van der Waals surface area contributed by atoms with E-state index in [1.165, 1.54) is 0 Å². The molecule has 3 aromatic rings. The fourth-order valence-corrected chi connectivity index (χ4v) is 4.05. The third kappa shape index (κ3) is 4.67. The van der Waals surface area contributed by atoms with E-state index >= 15 is 0 Å². The molecule has 1 aliphatic rings. The molecule has 11 heteroatoms. The summed E-state index contributed by atoms with van der Waals surface area (Å²) in [6.45, 7) is 0. The van der Waals surface area contributed by atoms with Crippen LogP contribution in [-0.4, -0.2) is 38.0 Å². The number of halogens is 6. The molecule has 2 aromatic heterocycles. The lowest BCUT2D eigenvalue weighted by atomic mass is 9.93. The van der Waals surface area contributed by atoms with Crippen LogP contribution in [-0.2, 0) is 12.6 Å². The molecular weight excluding hydrogens is 438 g/mol. The summed E-state index contributed by atoms with van der Waals surface area (Å²) in [4.78, 5) is 0. The number of hydrogen-bond acceptors (Lipinski definition) is 4. The molecule has 2 N–H and O–H groups in total. The zero-order chi connectivity index (χ0) is 23.1. The number of nitrogens with one attached hydrogen (secondary N) is 1. The van der Waals surface area contributed by atoms with Crippen molar-refractivity contribution in [1.29, 1.82) is 0 Å². The topological polar surface area (TPSA) is 62.5 Å². The Kier molecular flexibility index (Phi) is 5.78. The van der Waals surface area contributed by atoms with Gasteiger partial charge in [-0.3, -0.25) is 4.40 Å². The van der Waals surface area contributed by atoms with Crippen LogP contribution in [0, 0.1) is 0 Å². The minimum atomic E-state index is -4.77. The van der Waals surface area contributed by atoms with E-state index in [1.54, 1.807) is 22.7 Å². The van der Waals surface area contributed by atoms with Crippen molar-refractivity contribution in [2.45, 2.75) is 56.6 Å². The van der Waals surface area contributed by atoms with Gasteiger partial charge in [-0.05, 0) is 42.7 Å². The lowest BCUT2D eigenvalue weighted by Crippen LogP contribution is -2.37. The molecule has 1 aliphatic carbocycles. The maximum absolute atomic E-state index is 13.1. The molecule has 5 nitrogen and oxygen atoms in total. The van der Waals surface area contributed by atoms with Crippen LogP contribution < -0.4 is 5.32 Å². The van der Waals surface area contributed by atoms with Crippen molar-refractivity contribution >= 4 is 11.5 Å². The molecule has 0 spiro atoms. The molecule has 0 saturated heterocycles. The first-order valence-corrected chi connectivity index (χ1v) is 10.1. The molecule has 0 radical (unpaired) electrons. The van der Waals surface area contributed by atoms with Crippen molar-refractivity contribution in [1.82, 2.24) is 14.6 Å². The van der Waals surface area contributed by atoms with Gasteiger partial charge >= 0.3 is 12.4 Å². The van der Waals surface area contributed by atoms with E-state index in [4.69, 9.17) is 0 Å². The van der Waals surface area contributed by atoms with E-state index in [0.717, 1.165) is 31.4 Å². The van der Waals surface area contributed by atoms with Crippen molar-refractivity contribution in [3.05, 3.63) is 47.7 Å². The van der Waals surface area contributed by atoms with Crippen LogP contribution in [0.1, 0.15) is 36.8 Å². The largest absolute Gasteiger partial charge is 0.416 e. The van der Waals surface area contributed by atoms with Gasteiger partial charge in [0.25, 0.3) is 0 Å². The summed E-state index contributed by atoms with van der Waals surface area (Å²) in [7, 11) is 0. The maximum atomic E-state index is 13.1. The Hall–Kier alpha value is -2.82. The van der Waals surface area contributed by atoms with Crippen molar-refractivity contribution in [3.63, 3.8) is 0 Å². The molecule has 1 aromatic carbocycles. The summed E-state index contributed by atoms with van der Waals surface area (Å²) < 4.78 is 80.3. The zero-order valence-electron chi connectivity index (χ0n) is 16.7. The zero-order valence-corrected chi connectivity index (χ0v) is 16.7. The average molecular weight is 458 g/mol. The smallest absolute Gasteiger partial charge is 0.391 e. The first-order valence-electron chi connectivity index (χ1n) is 10.1. The summed E-state index contributed by atoms with van der Waals surface area (Å²) in [5.41, 5.74) is -1.35. The van der Waals surface area contributed by atoms with E-state index in [9.17, 15) is 31.4 Å². The summed E-state index contributed by atoms with van der Waals surface area (Å²) in [6.07, 6.45) is -6.74. The number of aliphatic hydroxyl groups excluding tert-OH is 1. The Balaban J connectivity index is 1.77. The predicted molar refractivity (Wildman–Crippen MR) is 105 cm³/mol. The highest BCUT2D eigenvalue weighted by Crippen LogP contribution is 2.37. The SMILES string of the molecule is O[C@@H]1CCCC[C@H]1Nc1nnc(-c2ccc(C(F)(F)F)cc2CC(F)(F)F)c2cccn12. The third-order valence-electron chi connectivity index (χ3n) is 5.59. The normalized spacial score (nSPS) is 20.0. The number of alkyl halides is 6. The van der Waals surface area contributed by atoms with Crippen molar-refractivity contribution in [3.8, 4) is 11.3 Å². The van der Waals surface area contributed by atoms with E-state index < -0.39 is 36.0 Å². The molecule has 1 fully saturated rings. The third-order valence-corrected chi connectivity index (χ3v) is 5.59. The highest BCUT2D eigenvalue weighted by Gasteiger charge is 2.35. The molecule has 0 bridgehead atoms. The first-order chi connectivity index (χ1) is 15.0. The molecule has 0 unspecified atom stereocenters. The van der Waals surface area contributed by atoms with Gasteiger partial charge in [-0.1, -0.05) is 18.9 Å². The molecule has 2 heterocycles. The Morgan fingerprint density at radius 2 is 1.78 bits per heavy atom. The van der Waals surface area contributed by atoms with Crippen LogP contribution in [0.4, 0.5) is 32.3 Å². The quantitative estimate of drug-likeness (QED) is 0.526. The van der Waals surface area contributed by atoms with E-state index in [0.29, 0.717) is 24.0 Å². The molecule has 2 atom stereocenters. The summed E-state index contributed by atoms with van der Waals surface area (Å²) in [5, 5.41) is 21.5. The lowest BCUT2D eigenvalue weighted by Gasteiger charge is -2.28. The second-order valence-electron chi connectivity index (χ2n) is 7.90. The van der Waals surface area contributed by atoms with Gasteiger partial charge in [0.2, 0.25) is 5.95 Å². The van der Waals surface area contributed by atoms with Crippen LogP contribution in [0.5, 0.6) is 0 Å². The number of benzene rings is 1. The molecule has 0 aliphatic heterocycles. The van der Waals surface area contributed by atoms with Gasteiger partial charge in [-0.25, -0.2) is 0 Å². The first kappa shape index (κ1) is 22.4. The molecule has 172 valence electrons. The van der Waals surface area contributed by atoms with Crippen LogP contribution >= 0.6 is 0 Å². The predicted octanol–water partition coefficient (Wildman–Crippen LogP) is 5.24. The number of fused-ring (bicyclic) bond motifs is 1. The second-order valence-corrected chi connectivity index (χ2v) is 7.90. The summed E-state index contributed by atoms with van der Waals surface area (Å²) >= 11 is 0. The van der Waals surface area contributed by atoms with E-state index in [-0.39, 0.29) is 17.3 Å². The number of hydrogen-bond donors (Lipinski definition) is 2. The van der Waals surface area contributed by atoms with Gasteiger partial charge in [0.05, 0.1) is 29.6 Å². The van der Waals surface area contributed by atoms with Gasteiger partial charge in [-0.2, -0.15) is 26.3 Å². The van der Waals surface area contributed by atoms with Crippen LogP contribution in [0.15, 0.2) is 36.5 Å². The molecular formula is C21H20F6N4O. The van der Waals surface area contributed by atoms with Crippen LogP contribution in [0.3, 0.4) is 0 Å². The molecule has 0 amide bonds. The monoisotopic (exact) mass is 458 g/mol. The summed E-state index contributed by atoms with van der Waals surface area (Å²) in [6, 6.07) is 5.23. The second kappa shape index (κ2) is 8.27. The minimum absolute atomic E-state index is 0.0396. The molecule has 1 saturated carbocycles. The number of nitrogens with zero attached hydrogens (tertiary/aromatic N) is 3. The Bertz CT molecular complexity index is 1110. The summed E-state index contributed by atoms with van der Waals surface area (Å²) in [5.74, 6) is 0.295. The van der Waals surface area contributed by atoms with E-state index in [1.807, 2.05) is 0 Å². The molecule has 4 rings (SSSR count). The van der Waals surface area contributed by atoms with Gasteiger partial charge in [0, 0.05) is 11.8 Å². The number of anilines is 1. The highest BCUT2D eigenvalue weighted by atomic mass is 19.4. The number of rotatable bonds is 4. The lowest BCUT2D eigenvalue weighted by molar-refractivity contribution is -0.138. The maximum Gasteiger partial charge on any atom is 0.416 e. The Morgan fingerprint density at radius 3 is 2.47 bits per heavy atom. The van der Waals surface area contributed by atoms with Crippen LogP contribution in [0.25, 0.3) is 16.8 Å². The highest BCUT2D eigenvalue weighted by molar-refractivity contribution is 5.80. The molecule has 32 heavy (non-hydrogen) atoms. The van der Waals surface area contributed by atoms with E-state index in [2.05, 4.69) is 15.5 Å². The Morgan fingerprint density at radius 1 is 1.03 bits per heavy atom. The van der Waals surface area contributed by atoms with Crippen LogP contribution in [0.2, 0.25) is 0 Å².